The summed E-state index contributed by atoms with van der Waals surface area (Å²) < 4.78 is 11.3. The van der Waals surface area contributed by atoms with Gasteiger partial charge in [-0.1, -0.05) is 52.2 Å². The number of hydrogen-bond acceptors (Lipinski definition) is 5. The van der Waals surface area contributed by atoms with Gasteiger partial charge >= 0.3 is 5.97 Å². The van der Waals surface area contributed by atoms with Crippen LogP contribution >= 0.6 is 0 Å². The molecule has 1 aromatic carbocycles. The second kappa shape index (κ2) is 12.2. The maximum Gasteiger partial charge on any atom is 0.344 e. The fourth-order valence-electron chi connectivity index (χ4n) is 5.61. The fourth-order valence-corrected chi connectivity index (χ4v) is 5.61. The summed E-state index contributed by atoms with van der Waals surface area (Å²) in [6, 6.07) is 6.08. The van der Waals surface area contributed by atoms with Gasteiger partial charge in [-0.15, -0.1) is 0 Å². The first-order valence-electron chi connectivity index (χ1n) is 13.1. The molecule has 0 aromatic heterocycles. The normalized spacial score (nSPS) is 25.9. The van der Waals surface area contributed by atoms with Gasteiger partial charge in [0.05, 0.1) is 12.2 Å². The Kier molecular flexibility index (Phi) is 9.63. The van der Waals surface area contributed by atoms with E-state index in [1.807, 2.05) is 32.9 Å². The molecule has 0 bridgehead atoms. The molecule has 5 heteroatoms. The van der Waals surface area contributed by atoms with E-state index in [-0.39, 0.29) is 42.7 Å². The molecular weight excluding hydrogens is 416 g/mol. The second-order valence-corrected chi connectivity index (χ2v) is 10.6. The summed E-state index contributed by atoms with van der Waals surface area (Å²) in [6.45, 7) is 8.05. The number of aliphatic hydroxyl groups excluding tert-OH is 2. The fraction of sp³-hybridized carbons (Fsp3) is 0.750. The highest BCUT2D eigenvalue weighted by Gasteiger charge is 2.44. The van der Waals surface area contributed by atoms with Crippen molar-refractivity contribution in [3.63, 3.8) is 0 Å². The third kappa shape index (κ3) is 6.95. The number of fused-ring (bicyclic) bond motifs is 2. The van der Waals surface area contributed by atoms with Crippen LogP contribution in [0, 0.1) is 23.7 Å². The van der Waals surface area contributed by atoms with Crippen LogP contribution in [0.5, 0.6) is 5.75 Å². The van der Waals surface area contributed by atoms with E-state index < -0.39 is 0 Å². The van der Waals surface area contributed by atoms with E-state index in [1.54, 1.807) is 0 Å². The van der Waals surface area contributed by atoms with E-state index in [4.69, 9.17) is 9.47 Å². The number of unbranched alkanes of at least 4 members (excludes halogenated alkanes) is 2. The Morgan fingerprint density at radius 1 is 1.15 bits per heavy atom. The molecule has 6 atom stereocenters. The van der Waals surface area contributed by atoms with Crippen molar-refractivity contribution in [3.05, 3.63) is 29.3 Å². The van der Waals surface area contributed by atoms with E-state index in [2.05, 4.69) is 13.0 Å². The monoisotopic (exact) mass is 460 g/mol. The number of carbonyl (C=O) groups is 1. The Bertz CT molecular complexity index is 761. The van der Waals surface area contributed by atoms with Crippen molar-refractivity contribution in [2.45, 2.75) is 104 Å². The van der Waals surface area contributed by atoms with Crippen LogP contribution in [0.3, 0.4) is 0 Å². The van der Waals surface area contributed by atoms with Gasteiger partial charge in [-0.3, -0.25) is 0 Å². The van der Waals surface area contributed by atoms with Gasteiger partial charge in [-0.05, 0) is 86.3 Å². The van der Waals surface area contributed by atoms with Crippen LogP contribution in [0.2, 0.25) is 0 Å². The lowest BCUT2D eigenvalue weighted by Crippen LogP contribution is -2.28. The van der Waals surface area contributed by atoms with Crippen LogP contribution in [0.25, 0.3) is 0 Å². The summed E-state index contributed by atoms with van der Waals surface area (Å²) in [7, 11) is 0. The zero-order valence-electron chi connectivity index (χ0n) is 21.0. The third-order valence-corrected chi connectivity index (χ3v) is 7.92. The molecule has 5 nitrogen and oxygen atoms in total. The Labute approximate surface area is 199 Å². The van der Waals surface area contributed by atoms with Crippen LogP contribution in [0.4, 0.5) is 0 Å². The van der Waals surface area contributed by atoms with Crippen LogP contribution < -0.4 is 4.74 Å². The molecule has 186 valence electrons. The summed E-state index contributed by atoms with van der Waals surface area (Å²) in [6.07, 6.45) is 7.89. The van der Waals surface area contributed by atoms with Crippen molar-refractivity contribution in [2.75, 3.05) is 6.61 Å². The smallest absolute Gasteiger partial charge is 0.344 e. The molecule has 2 aliphatic carbocycles. The summed E-state index contributed by atoms with van der Waals surface area (Å²) in [5, 5.41) is 21.2. The van der Waals surface area contributed by atoms with Gasteiger partial charge in [-0.2, -0.15) is 0 Å². The van der Waals surface area contributed by atoms with Crippen molar-refractivity contribution < 1.29 is 24.5 Å². The zero-order valence-corrected chi connectivity index (χ0v) is 21.0. The molecule has 1 fully saturated rings. The first-order chi connectivity index (χ1) is 15.8. The quantitative estimate of drug-likeness (QED) is 0.336. The number of carbonyl (C=O) groups excluding carboxylic acids is 1. The highest BCUT2D eigenvalue weighted by molar-refractivity contribution is 5.71. The van der Waals surface area contributed by atoms with Gasteiger partial charge in [0.25, 0.3) is 0 Å². The highest BCUT2D eigenvalue weighted by atomic mass is 16.6. The minimum atomic E-state index is -0.337. The van der Waals surface area contributed by atoms with E-state index in [0.29, 0.717) is 11.8 Å². The standard InChI is InChI=1S/C28H44O5/c1-5-6-7-10-22(29)12-13-23-24-14-20-9-8-11-27(25(20)15-21(24)16-26(23)30)32-17-28(31)33-19(4)18(2)3/h8-9,11,18-19,21-24,26,29-30H,5-7,10,12-17H2,1-4H3. The van der Waals surface area contributed by atoms with E-state index in [0.717, 1.165) is 50.7 Å². The number of hydrogen-bond donors (Lipinski definition) is 2. The minimum Gasteiger partial charge on any atom is -0.482 e. The molecule has 0 heterocycles. The van der Waals surface area contributed by atoms with Gasteiger partial charge in [-0.25, -0.2) is 4.79 Å². The topological polar surface area (TPSA) is 76.0 Å². The van der Waals surface area contributed by atoms with Crippen LogP contribution in [-0.2, 0) is 22.4 Å². The number of benzene rings is 1. The molecule has 1 saturated carbocycles. The van der Waals surface area contributed by atoms with E-state index >= 15 is 0 Å². The Morgan fingerprint density at radius 2 is 1.94 bits per heavy atom. The first kappa shape index (κ1) is 26.0. The average Bonchev–Trinajstić information content (AvgIpc) is 3.08. The maximum absolute atomic E-state index is 12.2. The molecule has 2 N–H and O–H groups in total. The third-order valence-electron chi connectivity index (χ3n) is 7.92. The van der Waals surface area contributed by atoms with Crippen LogP contribution in [0.1, 0.15) is 83.8 Å². The maximum atomic E-state index is 12.2. The molecule has 0 aliphatic heterocycles. The van der Waals surface area contributed by atoms with Crippen molar-refractivity contribution in [1.82, 2.24) is 0 Å². The molecule has 2 aliphatic rings. The number of ether oxygens (including phenoxy) is 2. The van der Waals surface area contributed by atoms with Crippen molar-refractivity contribution >= 4 is 5.97 Å². The van der Waals surface area contributed by atoms with Crippen molar-refractivity contribution in [2.24, 2.45) is 23.7 Å². The molecule has 0 amide bonds. The van der Waals surface area contributed by atoms with Gasteiger partial charge in [0.2, 0.25) is 0 Å². The number of esters is 1. The van der Waals surface area contributed by atoms with E-state index in [1.165, 1.54) is 24.0 Å². The molecule has 0 saturated heterocycles. The SMILES string of the molecule is CCCCCC(O)CCC1C(O)CC2Cc3c(cccc3OCC(=O)OC(C)C(C)C)CC21. The van der Waals surface area contributed by atoms with Gasteiger partial charge in [0, 0.05) is 0 Å². The summed E-state index contributed by atoms with van der Waals surface area (Å²) in [4.78, 5) is 12.2. The number of rotatable bonds is 12. The number of aliphatic hydroxyl groups is 2. The van der Waals surface area contributed by atoms with Gasteiger partial charge in [0.15, 0.2) is 6.61 Å². The largest absolute Gasteiger partial charge is 0.482 e. The average molecular weight is 461 g/mol. The minimum absolute atomic E-state index is 0.0806. The second-order valence-electron chi connectivity index (χ2n) is 10.6. The predicted molar refractivity (Wildman–Crippen MR) is 130 cm³/mol. The van der Waals surface area contributed by atoms with E-state index in [9.17, 15) is 15.0 Å². The summed E-state index contributed by atoms with van der Waals surface area (Å²) in [5.41, 5.74) is 2.44. The summed E-state index contributed by atoms with van der Waals surface area (Å²) >= 11 is 0. The highest BCUT2D eigenvalue weighted by Crippen LogP contribution is 2.48. The Balaban J connectivity index is 1.58. The van der Waals surface area contributed by atoms with Gasteiger partial charge in [0.1, 0.15) is 11.9 Å². The molecule has 0 radical (unpaired) electrons. The van der Waals surface area contributed by atoms with Gasteiger partial charge < -0.3 is 19.7 Å². The Hall–Kier alpha value is -1.59. The van der Waals surface area contributed by atoms with Crippen molar-refractivity contribution in [1.29, 1.82) is 0 Å². The van der Waals surface area contributed by atoms with Crippen LogP contribution in [0.15, 0.2) is 18.2 Å². The first-order valence-corrected chi connectivity index (χ1v) is 13.1. The molecule has 0 spiro atoms. The molecular formula is C28H44O5. The predicted octanol–water partition coefficient (Wildman–Crippen LogP) is 5.09. The zero-order chi connectivity index (χ0) is 24.0. The van der Waals surface area contributed by atoms with Crippen molar-refractivity contribution in [3.8, 4) is 5.75 Å². The molecule has 33 heavy (non-hydrogen) atoms. The molecule has 3 rings (SSSR count). The van der Waals surface area contributed by atoms with Crippen LogP contribution in [-0.4, -0.2) is 41.1 Å². The molecule has 1 aromatic rings. The Morgan fingerprint density at radius 3 is 2.67 bits per heavy atom. The summed E-state index contributed by atoms with van der Waals surface area (Å²) in [5.74, 6) is 1.83. The lowest BCUT2D eigenvalue weighted by Gasteiger charge is -2.32. The lowest BCUT2D eigenvalue weighted by atomic mass is 9.73. The molecule has 6 unspecified atom stereocenters. The lowest BCUT2D eigenvalue weighted by molar-refractivity contribution is -0.152.